The Morgan fingerprint density at radius 2 is 1.74 bits per heavy atom. The van der Waals surface area contributed by atoms with E-state index in [0.717, 1.165) is 0 Å². The lowest BCUT2D eigenvalue weighted by Crippen LogP contribution is -2.36. The average molecular weight is 500 g/mol. The van der Waals surface area contributed by atoms with E-state index in [-0.39, 0.29) is 17.0 Å². The largest absolute Gasteiger partial charge is 0.493 e. The second-order valence-corrected chi connectivity index (χ2v) is 9.18. The number of thiazole rings is 1. The van der Waals surface area contributed by atoms with E-state index in [4.69, 9.17) is 14.2 Å². The number of amides is 1. The molecule has 0 radical (unpaired) electrons. The van der Waals surface area contributed by atoms with Crippen LogP contribution >= 0.6 is 11.3 Å². The number of halogens is 1. The number of hydrogen-bond acceptors (Lipinski definition) is 7. The van der Waals surface area contributed by atoms with Gasteiger partial charge < -0.3 is 24.4 Å². The summed E-state index contributed by atoms with van der Waals surface area (Å²) in [6, 6.07) is 7.61. The highest BCUT2D eigenvalue weighted by molar-refractivity contribution is 7.07. The molecule has 0 atom stereocenters. The summed E-state index contributed by atoms with van der Waals surface area (Å²) in [5, 5.41) is 2.77. The maximum Gasteiger partial charge on any atom is 0.269 e. The first-order valence-electron chi connectivity index (χ1n) is 10.8. The quantitative estimate of drug-likeness (QED) is 0.532. The number of fused-ring (bicyclic) bond motifs is 1. The first kappa shape index (κ1) is 24.5. The lowest BCUT2D eigenvalue weighted by Gasteiger charge is -2.12. The molecule has 0 aliphatic carbocycles. The van der Waals surface area contributed by atoms with Crippen molar-refractivity contribution in [2.24, 2.45) is 0 Å². The first-order valence-corrected chi connectivity index (χ1v) is 11.6. The van der Waals surface area contributed by atoms with Crippen LogP contribution in [-0.4, -0.2) is 57.3 Å². The molecule has 0 unspecified atom stereocenters. The Balaban J connectivity index is 2.00. The van der Waals surface area contributed by atoms with E-state index in [1.54, 1.807) is 22.8 Å². The van der Waals surface area contributed by atoms with E-state index in [9.17, 15) is 14.0 Å². The Labute approximate surface area is 205 Å². The molecular formula is C25H26FN3O5S. The molecule has 8 nitrogen and oxygen atoms in total. The molecule has 0 bridgehead atoms. The van der Waals surface area contributed by atoms with Crippen LogP contribution in [0.4, 0.5) is 10.1 Å². The molecule has 2 aromatic carbocycles. The van der Waals surface area contributed by atoms with Gasteiger partial charge in [-0.1, -0.05) is 0 Å². The minimum Gasteiger partial charge on any atom is -0.493 e. The third kappa shape index (κ3) is 4.67. The number of ether oxygens (including phenoxy) is 3. The van der Waals surface area contributed by atoms with Gasteiger partial charge in [0.05, 0.1) is 31.4 Å². The molecular weight excluding hydrogens is 473 g/mol. The van der Waals surface area contributed by atoms with Crippen LogP contribution in [0, 0.1) is 5.82 Å². The first-order chi connectivity index (χ1) is 16.8. The van der Waals surface area contributed by atoms with E-state index in [0.29, 0.717) is 56.3 Å². The number of nitrogens with one attached hydrogen (secondary N) is 1. The minimum absolute atomic E-state index is 0.245. The lowest BCUT2D eigenvalue weighted by molar-refractivity contribution is -0.110. The van der Waals surface area contributed by atoms with E-state index in [1.807, 2.05) is 19.0 Å². The number of likely N-dealkylation sites (N-methyl/N-ethyl adjacent to an activating group) is 1. The Morgan fingerprint density at radius 3 is 2.34 bits per heavy atom. The average Bonchev–Trinajstić information content (AvgIpc) is 3.31. The van der Waals surface area contributed by atoms with Crippen LogP contribution in [-0.2, 0) is 11.3 Å². The Bertz CT molecular complexity index is 1450. The van der Waals surface area contributed by atoms with Gasteiger partial charge in [-0.05, 0) is 56.1 Å². The number of benzene rings is 2. The molecule has 1 amide bonds. The van der Waals surface area contributed by atoms with E-state index < -0.39 is 5.82 Å². The molecule has 184 valence electrons. The summed E-state index contributed by atoms with van der Waals surface area (Å²) in [6.07, 6.45) is 1.72. The van der Waals surface area contributed by atoms with Crippen molar-refractivity contribution in [3.05, 3.63) is 66.8 Å². The van der Waals surface area contributed by atoms with E-state index in [2.05, 4.69) is 5.32 Å². The second-order valence-electron chi connectivity index (χ2n) is 8.15. The highest BCUT2D eigenvalue weighted by Crippen LogP contribution is 2.38. The molecule has 10 heteroatoms. The molecule has 35 heavy (non-hydrogen) atoms. The van der Waals surface area contributed by atoms with Gasteiger partial charge in [0.15, 0.2) is 11.5 Å². The molecule has 1 aromatic heterocycles. The zero-order valence-corrected chi connectivity index (χ0v) is 20.9. The summed E-state index contributed by atoms with van der Waals surface area (Å²) in [5.41, 5.74) is 1.66. The zero-order chi connectivity index (χ0) is 25.3. The van der Waals surface area contributed by atoms with Crippen LogP contribution < -0.4 is 34.3 Å². The monoisotopic (exact) mass is 499 g/mol. The van der Waals surface area contributed by atoms with Crippen LogP contribution in [0.3, 0.4) is 0 Å². The molecule has 1 N–H and O–H groups in total. The maximum absolute atomic E-state index is 14.0. The highest BCUT2D eigenvalue weighted by atomic mass is 32.1. The van der Waals surface area contributed by atoms with Gasteiger partial charge in [-0.25, -0.2) is 4.39 Å². The van der Waals surface area contributed by atoms with Crippen LogP contribution in [0.1, 0.15) is 11.1 Å². The van der Waals surface area contributed by atoms with Crippen molar-refractivity contribution in [2.75, 3.05) is 47.3 Å². The van der Waals surface area contributed by atoms with Crippen molar-refractivity contribution in [3.8, 4) is 17.2 Å². The Hall–Kier alpha value is -3.63. The maximum atomic E-state index is 14.0. The lowest BCUT2D eigenvalue weighted by atomic mass is 10.1. The van der Waals surface area contributed by atoms with Gasteiger partial charge in [-0.3, -0.25) is 14.2 Å². The molecule has 3 aromatic rings. The van der Waals surface area contributed by atoms with Gasteiger partial charge in [-0.2, -0.15) is 0 Å². The van der Waals surface area contributed by atoms with Crippen molar-refractivity contribution < 1.29 is 23.4 Å². The molecule has 1 aliphatic heterocycles. The molecule has 4 rings (SSSR count). The normalized spacial score (nSPS) is 14.8. The Morgan fingerprint density at radius 1 is 1.06 bits per heavy atom. The number of carbonyl (C=O) groups is 1. The number of carbonyl (C=O) groups excluding carboxylic acids is 1. The molecule has 0 saturated carbocycles. The SMILES string of the molecule is COc1cc(/C=c2\s/c(=C3\C(=O)Nc4ccc(F)cc43)n(CCN(C)C)c2=O)cc(OC)c1OC. The molecule has 0 saturated heterocycles. The molecule has 0 spiro atoms. The predicted octanol–water partition coefficient (Wildman–Crippen LogP) is 1.62. The molecule has 2 heterocycles. The van der Waals surface area contributed by atoms with E-state index >= 15 is 0 Å². The van der Waals surface area contributed by atoms with Crippen molar-refractivity contribution in [1.29, 1.82) is 0 Å². The van der Waals surface area contributed by atoms with E-state index in [1.165, 1.54) is 50.9 Å². The van der Waals surface area contributed by atoms with Gasteiger partial charge in [0.2, 0.25) is 5.75 Å². The molecule has 0 fully saturated rings. The third-order valence-corrected chi connectivity index (χ3v) is 6.73. The summed E-state index contributed by atoms with van der Waals surface area (Å²) >= 11 is 1.18. The smallest absolute Gasteiger partial charge is 0.269 e. The zero-order valence-electron chi connectivity index (χ0n) is 20.1. The topological polar surface area (TPSA) is 82.0 Å². The fourth-order valence-electron chi connectivity index (χ4n) is 3.90. The van der Waals surface area contributed by atoms with Gasteiger partial charge in [0.25, 0.3) is 11.5 Å². The summed E-state index contributed by atoms with van der Waals surface area (Å²) in [4.78, 5) is 28.3. The summed E-state index contributed by atoms with van der Waals surface area (Å²) < 4.78 is 32.7. The Kier molecular flexibility index (Phi) is 6.95. The second kappa shape index (κ2) is 9.93. The van der Waals surface area contributed by atoms with Gasteiger partial charge in [0, 0.05) is 24.3 Å². The van der Waals surface area contributed by atoms with Gasteiger partial charge >= 0.3 is 0 Å². The summed E-state index contributed by atoms with van der Waals surface area (Å²) in [6.45, 7) is 0.945. The van der Waals surface area contributed by atoms with Crippen molar-refractivity contribution in [1.82, 2.24) is 9.47 Å². The van der Waals surface area contributed by atoms with Crippen LogP contribution in [0.2, 0.25) is 0 Å². The van der Waals surface area contributed by atoms with Crippen molar-refractivity contribution >= 4 is 34.6 Å². The standard InChI is InChI=1S/C25H26FN3O5S/c1-28(2)8-9-29-24(31)20(12-14-10-18(32-3)22(34-5)19(11-14)33-4)35-25(29)21-16-13-15(26)6-7-17(16)27-23(21)30/h6-7,10-13H,8-9H2,1-5H3,(H,27,30)/b20-12-,25-21-. The van der Waals surface area contributed by atoms with Crippen LogP contribution in [0.25, 0.3) is 11.6 Å². The number of rotatable bonds is 7. The number of methoxy groups -OCH3 is 3. The summed E-state index contributed by atoms with van der Waals surface area (Å²) in [5.74, 6) is 0.526. The van der Waals surface area contributed by atoms with Crippen molar-refractivity contribution in [2.45, 2.75) is 6.54 Å². The summed E-state index contributed by atoms with van der Waals surface area (Å²) in [7, 11) is 8.36. The predicted molar refractivity (Wildman–Crippen MR) is 134 cm³/mol. The van der Waals surface area contributed by atoms with Gasteiger partial charge in [0.1, 0.15) is 10.5 Å². The number of nitrogens with zero attached hydrogens (tertiary/aromatic N) is 2. The fourth-order valence-corrected chi connectivity index (χ4v) is 5.09. The molecule has 1 aliphatic rings. The van der Waals surface area contributed by atoms with Gasteiger partial charge in [-0.15, -0.1) is 11.3 Å². The van der Waals surface area contributed by atoms with Crippen molar-refractivity contribution in [3.63, 3.8) is 0 Å². The minimum atomic E-state index is -0.458. The third-order valence-electron chi connectivity index (χ3n) is 5.60. The van der Waals surface area contributed by atoms with Crippen LogP contribution in [0.15, 0.2) is 35.1 Å². The fraction of sp³-hybridized carbons (Fsp3) is 0.280. The highest BCUT2D eigenvalue weighted by Gasteiger charge is 2.27. The number of aromatic nitrogens is 1. The van der Waals surface area contributed by atoms with Crippen LogP contribution in [0.5, 0.6) is 17.2 Å². The number of anilines is 1. The number of hydrogen-bond donors (Lipinski definition) is 1.